The second-order valence-electron chi connectivity index (χ2n) is 12.9. The summed E-state index contributed by atoms with van der Waals surface area (Å²) in [6, 6.07) is 36.4. The summed E-state index contributed by atoms with van der Waals surface area (Å²) in [6.45, 7) is 16.5. The molecule has 276 valence electrons. The highest BCUT2D eigenvalue weighted by molar-refractivity contribution is 7.95. The zero-order chi connectivity index (χ0) is 38.5. The molecule has 1 aromatic heterocycles. The number of allylic oxidation sites excluding steroid dienone is 5. The molecule has 0 aliphatic heterocycles. The van der Waals surface area contributed by atoms with Gasteiger partial charge in [-0.05, 0) is 84.3 Å². The molecule has 0 amide bonds. The van der Waals surface area contributed by atoms with Gasteiger partial charge in [0.25, 0.3) is 0 Å². The summed E-state index contributed by atoms with van der Waals surface area (Å²) in [4.78, 5) is 4.34. The van der Waals surface area contributed by atoms with Crippen molar-refractivity contribution in [2.24, 2.45) is 7.05 Å². The number of aromatic nitrogens is 1. The van der Waals surface area contributed by atoms with Gasteiger partial charge in [-0.3, -0.25) is 0 Å². The van der Waals surface area contributed by atoms with E-state index in [9.17, 15) is 8.42 Å². The van der Waals surface area contributed by atoms with Crippen LogP contribution in [0.5, 0.6) is 0 Å². The number of hydrogen-bond donors (Lipinski definition) is 1. The monoisotopic (exact) mass is 725 g/mol. The standard InChI is InChI=1S/C41H36N2O2S.C3H8.2C2H6/c1-28(2)42-37(35-19-9-13-29-12-7-8-18-34(29)35)26-24-31-22-23-32(41(31)46(44,45)33-16-5-4-6-17-33)25-27-38-36-20-10-14-30-15-11-21-39(40(30)36)43(38)3;1-3-2;2*1-2/h4-21,24-28H,22-23H2,1-3H3;3H2,1-2H3;2*1-2H3/p+1/b26-24+,32-25+,38-27+,42-37?;;;. The first-order chi connectivity index (χ1) is 25.7. The fourth-order valence-electron chi connectivity index (χ4n) is 6.76. The Morgan fingerprint density at radius 3 is 2.02 bits per heavy atom. The first-order valence-corrected chi connectivity index (χ1v) is 20.7. The number of nitrogens with zero attached hydrogens (tertiary/aromatic N) is 1. The average Bonchev–Trinajstić information content (AvgIpc) is 3.73. The molecule has 5 heteroatoms. The lowest BCUT2D eigenvalue weighted by molar-refractivity contribution is -0.491. The second kappa shape index (κ2) is 19.2. The van der Waals surface area contributed by atoms with Crippen molar-refractivity contribution in [1.82, 2.24) is 4.57 Å². The number of rotatable bonds is 7. The van der Waals surface area contributed by atoms with Gasteiger partial charge < -0.3 is 4.57 Å². The van der Waals surface area contributed by atoms with Crippen LogP contribution in [-0.4, -0.2) is 24.7 Å². The first-order valence-electron chi connectivity index (χ1n) is 19.2. The second-order valence-corrected chi connectivity index (χ2v) is 14.8. The minimum Gasteiger partial charge on any atom is -0.344 e. The van der Waals surface area contributed by atoms with Gasteiger partial charge in [0.1, 0.15) is 6.04 Å². The van der Waals surface area contributed by atoms with Crippen LogP contribution in [-0.2, 0) is 16.9 Å². The van der Waals surface area contributed by atoms with Crippen LogP contribution < -0.4 is 10.3 Å². The summed E-state index contributed by atoms with van der Waals surface area (Å²) in [6.07, 6.45) is 10.7. The molecule has 53 heavy (non-hydrogen) atoms. The van der Waals surface area contributed by atoms with Crippen molar-refractivity contribution in [2.45, 2.75) is 85.6 Å². The molecule has 7 rings (SSSR count). The van der Waals surface area contributed by atoms with E-state index < -0.39 is 9.84 Å². The van der Waals surface area contributed by atoms with E-state index in [-0.39, 0.29) is 6.04 Å². The fourth-order valence-corrected chi connectivity index (χ4v) is 8.54. The van der Waals surface area contributed by atoms with E-state index in [2.05, 4.69) is 129 Å². The molecule has 0 unspecified atom stereocenters. The summed E-state index contributed by atoms with van der Waals surface area (Å²) in [5.41, 5.74) is 4.87. The molecule has 0 atom stereocenters. The Morgan fingerprint density at radius 2 is 1.32 bits per heavy atom. The van der Waals surface area contributed by atoms with Crippen LogP contribution in [0.1, 0.15) is 80.2 Å². The van der Waals surface area contributed by atoms with Crippen LogP contribution in [0.25, 0.3) is 38.5 Å². The lowest BCUT2D eigenvalue weighted by Gasteiger charge is -2.09. The van der Waals surface area contributed by atoms with Crippen molar-refractivity contribution in [3.63, 3.8) is 0 Å². The van der Waals surface area contributed by atoms with Crippen LogP contribution in [0.2, 0.25) is 0 Å². The van der Waals surface area contributed by atoms with E-state index in [1.807, 2.05) is 52.0 Å². The maximum Gasteiger partial charge on any atom is 0.207 e. The number of fused-ring (bicyclic) bond motifs is 1. The van der Waals surface area contributed by atoms with Gasteiger partial charge in [0.2, 0.25) is 15.5 Å². The number of nitrogens with one attached hydrogen (secondary N) is 1. The molecule has 0 radical (unpaired) electrons. The number of sulfone groups is 1. The predicted octanol–water partition coefficient (Wildman–Crippen LogP) is 10.4. The highest BCUT2D eigenvalue weighted by atomic mass is 32.2. The van der Waals surface area contributed by atoms with Crippen molar-refractivity contribution in [2.75, 3.05) is 0 Å². The van der Waals surface area contributed by atoms with Crippen molar-refractivity contribution >= 4 is 54.1 Å². The van der Waals surface area contributed by atoms with E-state index in [1.54, 1.807) is 24.3 Å². The topological polar surface area (TPSA) is 53.0 Å². The first kappa shape index (κ1) is 40.8. The Labute approximate surface area is 317 Å². The van der Waals surface area contributed by atoms with Crippen molar-refractivity contribution in [3.05, 3.63) is 154 Å². The van der Waals surface area contributed by atoms with Gasteiger partial charge in [-0.2, -0.15) is 0 Å². The predicted molar refractivity (Wildman–Crippen MR) is 230 cm³/mol. The van der Waals surface area contributed by atoms with E-state index in [0.29, 0.717) is 22.6 Å². The summed E-state index contributed by atoms with van der Waals surface area (Å²) in [5.74, 6) is 0. The zero-order valence-corrected chi connectivity index (χ0v) is 33.9. The van der Waals surface area contributed by atoms with Crippen LogP contribution >= 0.6 is 0 Å². The summed E-state index contributed by atoms with van der Waals surface area (Å²) < 4.78 is 30.9. The molecule has 0 saturated heterocycles. The molecular weight excluding hydrogens is 669 g/mol. The van der Waals surface area contributed by atoms with Gasteiger partial charge >= 0.3 is 0 Å². The molecule has 1 heterocycles. The Bertz CT molecular complexity index is 2410. The SMILES string of the molecule is CC.CC.CC(C)[NH+]=C(/C=C/C1=C(S(=O)(=O)c2ccccc2)C(=C/C=c2\c3cccc4cccc(c43)n2C)/CC1)c1cccc2ccccc12.CCC. The molecule has 4 nitrogen and oxygen atoms in total. The maximum atomic E-state index is 14.3. The number of benzene rings is 5. The Morgan fingerprint density at radius 1 is 0.736 bits per heavy atom. The summed E-state index contributed by atoms with van der Waals surface area (Å²) in [5, 5.41) is 6.97. The molecule has 0 spiro atoms. The van der Waals surface area contributed by atoms with Gasteiger partial charge in [0.15, 0.2) is 0 Å². The number of hydrogen-bond acceptors (Lipinski definition) is 2. The van der Waals surface area contributed by atoms with E-state index in [1.165, 1.54) is 17.2 Å². The third kappa shape index (κ3) is 8.97. The molecule has 0 saturated carbocycles. The Kier molecular flexibility index (Phi) is 14.8. The largest absolute Gasteiger partial charge is 0.344 e. The summed E-state index contributed by atoms with van der Waals surface area (Å²) in [7, 11) is -1.70. The minimum absolute atomic E-state index is 0.197. The zero-order valence-electron chi connectivity index (χ0n) is 33.1. The van der Waals surface area contributed by atoms with Crippen molar-refractivity contribution in [1.29, 1.82) is 0 Å². The Balaban J connectivity index is 0.000000841. The fraction of sp³-hybridized carbons (Fsp3) is 0.271. The molecule has 6 aromatic rings. The molecule has 5 aromatic carbocycles. The van der Waals surface area contributed by atoms with Crippen LogP contribution in [0.3, 0.4) is 0 Å². The van der Waals surface area contributed by atoms with Crippen molar-refractivity contribution in [3.8, 4) is 0 Å². The quantitative estimate of drug-likeness (QED) is 0.167. The molecule has 1 aliphatic carbocycles. The average molecular weight is 726 g/mol. The highest BCUT2D eigenvalue weighted by Crippen LogP contribution is 2.39. The van der Waals surface area contributed by atoms with Crippen LogP contribution in [0.15, 0.2) is 148 Å². The molecule has 0 fully saturated rings. The maximum absolute atomic E-state index is 14.3. The van der Waals surface area contributed by atoms with Gasteiger partial charge in [0.05, 0.1) is 15.4 Å². The molecular formula is C48H57N2O2S+. The minimum atomic E-state index is -3.77. The smallest absolute Gasteiger partial charge is 0.207 e. The molecule has 1 aliphatic rings. The normalized spacial score (nSPS) is 14.5. The Hall–Kier alpha value is -5.00. The van der Waals surface area contributed by atoms with Crippen molar-refractivity contribution < 1.29 is 13.4 Å². The third-order valence-electron chi connectivity index (χ3n) is 8.87. The van der Waals surface area contributed by atoms with Gasteiger partial charge in [-0.25, -0.2) is 13.4 Å². The lowest BCUT2D eigenvalue weighted by atomic mass is 10.00. The van der Waals surface area contributed by atoms with Crippen LogP contribution in [0, 0.1) is 0 Å². The van der Waals surface area contributed by atoms with Gasteiger partial charge in [-0.15, -0.1) is 0 Å². The van der Waals surface area contributed by atoms with E-state index >= 15 is 0 Å². The molecule has 0 bridgehead atoms. The highest BCUT2D eigenvalue weighted by Gasteiger charge is 2.31. The van der Waals surface area contributed by atoms with E-state index in [4.69, 9.17) is 0 Å². The van der Waals surface area contributed by atoms with Crippen LogP contribution in [0.4, 0.5) is 0 Å². The van der Waals surface area contributed by atoms with Gasteiger partial charge in [-0.1, -0.05) is 145 Å². The lowest BCUT2D eigenvalue weighted by Crippen LogP contribution is -2.77. The molecule has 1 N–H and O–H groups in total. The summed E-state index contributed by atoms with van der Waals surface area (Å²) >= 11 is 0. The third-order valence-corrected chi connectivity index (χ3v) is 10.8. The number of aryl methyl sites for hydroxylation is 1. The van der Waals surface area contributed by atoms with Gasteiger partial charge in [0, 0.05) is 34.8 Å². The van der Waals surface area contributed by atoms with E-state index in [0.717, 1.165) is 49.4 Å².